The Morgan fingerprint density at radius 2 is 2.24 bits per heavy atom. The largest absolute Gasteiger partial charge is 0.302 e. The first-order chi connectivity index (χ1) is 8.25. The Morgan fingerprint density at radius 1 is 1.35 bits per heavy atom. The van der Waals surface area contributed by atoms with Gasteiger partial charge in [-0.15, -0.1) is 0 Å². The molecule has 0 spiro atoms. The van der Waals surface area contributed by atoms with Crippen molar-refractivity contribution in [1.29, 1.82) is 0 Å². The molecule has 17 heavy (non-hydrogen) atoms. The molecule has 1 aliphatic heterocycles. The van der Waals surface area contributed by atoms with Crippen LogP contribution in [0, 0.1) is 6.92 Å². The summed E-state index contributed by atoms with van der Waals surface area (Å²) in [5.74, 6) is 0.698. The zero-order valence-corrected chi connectivity index (χ0v) is 9.19. The van der Waals surface area contributed by atoms with Gasteiger partial charge in [-0.1, -0.05) is 0 Å². The third-order valence-electron chi connectivity index (χ3n) is 2.74. The third kappa shape index (κ3) is 1.52. The van der Waals surface area contributed by atoms with Crippen LogP contribution < -0.4 is 5.56 Å². The standard InChI is InChI=1S/C12H10N4O/c1-7-10(12(17)16-15-7)5-8-6-14-11-9(8)3-2-4-13-11/h2-6H,1H3,(H2,15,16,17). The zero-order chi connectivity index (χ0) is 11.8. The number of pyridine rings is 1. The Morgan fingerprint density at radius 3 is 3.00 bits per heavy atom. The van der Waals surface area contributed by atoms with Crippen molar-refractivity contribution in [2.45, 2.75) is 6.92 Å². The van der Waals surface area contributed by atoms with Crippen molar-refractivity contribution in [2.75, 3.05) is 0 Å². The molecule has 0 saturated heterocycles. The van der Waals surface area contributed by atoms with E-state index in [0.717, 1.165) is 16.8 Å². The molecule has 3 heterocycles. The number of aromatic nitrogens is 3. The minimum atomic E-state index is -0.124. The molecule has 0 unspecified atom stereocenters. The summed E-state index contributed by atoms with van der Waals surface area (Å²) >= 11 is 0. The SMILES string of the molecule is Cc1[nH][nH]c(=O)c1C=C1C=Nc2ncccc21. The first kappa shape index (κ1) is 9.77. The molecule has 0 saturated carbocycles. The van der Waals surface area contributed by atoms with Gasteiger partial charge < -0.3 is 5.10 Å². The molecule has 0 atom stereocenters. The van der Waals surface area contributed by atoms with Crippen LogP contribution in [0.5, 0.6) is 0 Å². The Kier molecular flexibility index (Phi) is 2.04. The van der Waals surface area contributed by atoms with Crippen molar-refractivity contribution in [3.8, 4) is 0 Å². The van der Waals surface area contributed by atoms with Crippen LogP contribution in [0.2, 0.25) is 0 Å². The molecule has 84 valence electrons. The molecule has 0 aliphatic carbocycles. The van der Waals surface area contributed by atoms with Crippen LogP contribution in [-0.4, -0.2) is 21.4 Å². The van der Waals surface area contributed by atoms with Crippen molar-refractivity contribution >= 4 is 23.7 Å². The van der Waals surface area contributed by atoms with Gasteiger partial charge in [0.15, 0.2) is 5.82 Å². The number of hydrogen-bond acceptors (Lipinski definition) is 3. The van der Waals surface area contributed by atoms with E-state index in [1.807, 2.05) is 25.1 Å². The van der Waals surface area contributed by atoms with Crippen LogP contribution in [0.25, 0.3) is 11.6 Å². The first-order valence-electron chi connectivity index (χ1n) is 5.24. The Hall–Kier alpha value is -2.43. The summed E-state index contributed by atoms with van der Waals surface area (Å²) in [7, 11) is 0. The van der Waals surface area contributed by atoms with E-state index in [4.69, 9.17) is 0 Å². The Labute approximate surface area is 96.9 Å². The van der Waals surface area contributed by atoms with Gasteiger partial charge in [0.2, 0.25) is 0 Å². The van der Waals surface area contributed by atoms with E-state index >= 15 is 0 Å². The van der Waals surface area contributed by atoms with Gasteiger partial charge in [0.05, 0.1) is 5.56 Å². The quantitative estimate of drug-likeness (QED) is 0.776. The molecule has 3 rings (SSSR count). The number of aliphatic imine (C=N–C) groups is 1. The summed E-state index contributed by atoms with van der Waals surface area (Å²) in [5, 5.41) is 5.34. The number of H-pyrrole nitrogens is 2. The minimum absolute atomic E-state index is 0.124. The van der Waals surface area contributed by atoms with Crippen LogP contribution in [0.15, 0.2) is 28.1 Å². The second-order valence-electron chi connectivity index (χ2n) is 3.85. The molecule has 0 bridgehead atoms. The molecule has 1 aliphatic rings. The number of aryl methyl sites for hydroxylation is 1. The predicted octanol–water partition coefficient (Wildman–Crippen LogP) is 1.66. The lowest BCUT2D eigenvalue weighted by Gasteiger charge is -1.97. The molecule has 0 aromatic carbocycles. The summed E-state index contributed by atoms with van der Waals surface area (Å²) in [4.78, 5) is 19.9. The maximum atomic E-state index is 11.5. The van der Waals surface area contributed by atoms with Crippen molar-refractivity contribution in [2.24, 2.45) is 4.99 Å². The lowest BCUT2D eigenvalue weighted by molar-refractivity contribution is 1.02. The van der Waals surface area contributed by atoms with E-state index in [1.54, 1.807) is 12.4 Å². The van der Waals surface area contributed by atoms with Gasteiger partial charge in [-0.05, 0) is 25.1 Å². The lowest BCUT2D eigenvalue weighted by Crippen LogP contribution is -2.02. The number of allylic oxidation sites excluding steroid dienone is 1. The van der Waals surface area contributed by atoms with Gasteiger partial charge in [0.25, 0.3) is 5.56 Å². The molecular formula is C12H10N4O. The molecular weight excluding hydrogens is 216 g/mol. The zero-order valence-electron chi connectivity index (χ0n) is 9.19. The molecule has 0 amide bonds. The molecule has 2 aromatic rings. The number of nitrogens with one attached hydrogen (secondary N) is 2. The lowest BCUT2D eigenvalue weighted by atomic mass is 10.1. The summed E-state index contributed by atoms with van der Waals surface area (Å²) in [6.07, 6.45) is 5.25. The molecule has 5 nitrogen and oxygen atoms in total. The second-order valence-corrected chi connectivity index (χ2v) is 3.85. The second kappa shape index (κ2) is 3.55. The minimum Gasteiger partial charge on any atom is -0.302 e. The monoisotopic (exact) mass is 226 g/mol. The van der Waals surface area contributed by atoms with E-state index < -0.39 is 0 Å². The van der Waals surface area contributed by atoms with E-state index in [1.165, 1.54) is 0 Å². The average molecular weight is 226 g/mol. The summed E-state index contributed by atoms with van der Waals surface area (Å²) < 4.78 is 0. The van der Waals surface area contributed by atoms with Crippen molar-refractivity contribution in [1.82, 2.24) is 15.2 Å². The normalized spacial score (nSPS) is 15.5. The van der Waals surface area contributed by atoms with Crippen LogP contribution in [-0.2, 0) is 0 Å². The molecule has 2 aromatic heterocycles. The van der Waals surface area contributed by atoms with E-state index in [-0.39, 0.29) is 5.56 Å². The van der Waals surface area contributed by atoms with Gasteiger partial charge >= 0.3 is 0 Å². The van der Waals surface area contributed by atoms with Gasteiger partial charge in [0.1, 0.15) is 0 Å². The molecule has 0 fully saturated rings. The molecule has 5 heteroatoms. The highest BCUT2D eigenvalue weighted by molar-refractivity contribution is 6.20. The number of nitrogens with zero attached hydrogens (tertiary/aromatic N) is 2. The van der Waals surface area contributed by atoms with Crippen LogP contribution in [0.4, 0.5) is 5.82 Å². The summed E-state index contributed by atoms with van der Waals surface area (Å²) in [5.41, 5.74) is 3.17. The van der Waals surface area contributed by atoms with Crippen LogP contribution in [0.1, 0.15) is 16.8 Å². The van der Waals surface area contributed by atoms with E-state index in [2.05, 4.69) is 20.2 Å². The summed E-state index contributed by atoms with van der Waals surface area (Å²) in [6.45, 7) is 1.85. The van der Waals surface area contributed by atoms with Gasteiger partial charge in [0, 0.05) is 29.2 Å². The fraction of sp³-hybridized carbons (Fsp3) is 0.0833. The van der Waals surface area contributed by atoms with Crippen molar-refractivity contribution < 1.29 is 0 Å². The Bertz CT molecular complexity index is 691. The van der Waals surface area contributed by atoms with Crippen molar-refractivity contribution in [3.05, 3.63) is 45.5 Å². The number of aromatic amines is 2. The van der Waals surface area contributed by atoms with E-state index in [0.29, 0.717) is 11.4 Å². The van der Waals surface area contributed by atoms with Crippen LogP contribution in [0.3, 0.4) is 0 Å². The number of fused-ring (bicyclic) bond motifs is 1. The number of rotatable bonds is 1. The third-order valence-corrected chi connectivity index (χ3v) is 2.74. The highest BCUT2D eigenvalue weighted by Crippen LogP contribution is 2.29. The van der Waals surface area contributed by atoms with Crippen LogP contribution >= 0.6 is 0 Å². The van der Waals surface area contributed by atoms with Gasteiger partial charge in [-0.3, -0.25) is 9.89 Å². The first-order valence-corrected chi connectivity index (χ1v) is 5.24. The molecule has 2 N–H and O–H groups in total. The van der Waals surface area contributed by atoms with Gasteiger partial charge in [-0.2, -0.15) is 0 Å². The maximum Gasteiger partial charge on any atom is 0.271 e. The van der Waals surface area contributed by atoms with Gasteiger partial charge in [-0.25, -0.2) is 9.98 Å². The van der Waals surface area contributed by atoms with Crippen molar-refractivity contribution in [3.63, 3.8) is 0 Å². The Balaban J connectivity index is 2.15. The van der Waals surface area contributed by atoms with E-state index in [9.17, 15) is 4.79 Å². The fourth-order valence-electron chi connectivity index (χ4n) is 1.83. The fourth-order valence-corrected chi connectivity index (χ4v) is 1.83. The molecule has 0 radical (unpaired) electrons. The average Bonchev–Trinajstić information content (AvgIpc) is 2.88. The maximum absolute atomic E-state index is 11.5. The predicted molar refractivity (Wildman–Crippen MR) is 66.4 cm³/mol. The highest BCUT2D eigenvalue weighted by atomic mass is 16.1. The topological polar surface area (TPSA) is 73.9 Å². The smallest absolute Gasteiger partial charge is 0.271 e. The highest BCUT2D eigenvalue weighted by Gasteiger charge is 2.13. The summed E-state index contributed by atoms with van der Waals surface area (Å²) in [6, 6.07) is 3.80. The number of hydrogen-bond donors (Lipinski definition) is 2.